The fourth-order valence-electron chi connectivity index (χ4n) is 0.827. The van der Waals surface area contributed by atoms with E-state index in [1.54, 1.807) is 11.5 Å². The third-order valence-corrected chi connectivity index (χ3v) is 2.55. The zero-order valence-electron chi connectivity index (χ0n) is 7.54. The smallest absolute Gasteiger partial charge is 0.258 e. The molecular formula is C9H9NO2S2. The quantitative estimate of drug-likeness (QED) is 0.450. The lowest BCUT2D eigenvalue weighted by Crippen LogP contribution is -1.94. The molecule has 1 aromatic rings. The van der Waals surface area contributed by atoms with Gasteiger partial charge in [-0.2, -0.15) is 11.3 Å². The second-order valence-corrected chi connectivity index (χ2v) is 3.95. The molecule has 0 fully saturated rings. The maximum absolute atomic E-state index is 10.6. The van der Waals surface area contributed by atoms with Crippen molar-refractivity contribution in [1.29, 1.82) is 0 Å². The average molecular weight is 227 g/mol. The third-order valence-electron chi connectivity index (χ3n) is 1.44. The lowest BCUT2D eigenvalue weighted by atomic mass is 10.3. The predicted octanol–water partition coefficient (Wildman–Crippen LogP) is 3.24. The van der Waals surface area contributed by atoms with Gasteiger partial charge in [0.1, 0.15) is 0 Å². The van der Waals surface area contributed by atoms with Crippen molar-refractivity contribution in [2.75, 3.05) is 6.26 Å². The van der Waals surface area contributed by atoms with Gasteiger partial charge in [0.2, 0.25) is 0 Å². The number of nitrogens with zero attached hydrogens (tertiary/aromatic N) is 1. The molecule has 0 saturated carbocycles. The van der Waals surface area contributed by atoms with Gasteiger partial charge in [-0.25, -0.2) is 0 Å². The van der Waals surface area contributed by atoms with E-state index in [0.717, 1.165) is 5.56 Å². The van der Waals surface area contributed by atoms with Crippen LogP contribution in [0.5, 0.6) is 0 Å². The average Bonchev–Trinajstić information content (AvgIpc) is 2.64. The van der Waals surface area contributed by atoms with Crippen LogP contribution in [0.4, 0.5) is 0 Å². The van der Waals surface area contributed by atoms with Crippen LogP contribution >= 0.6 is 23.1 Å². The molecule has 3 nitrogen and oxygen atoms in total. The van der Waals surface area contributed by atoms with E-state index in [1.165, 1.54) is 29.2 Å². The molecule has 0 aliphatic rings. The van der Waals surface area contributed by atoms with Crippen LogP contribution in [0, 0.1) is 10.1 Å². The number of thioether (sulfide) groups is 1. The highest BCUT2D eigenvalue weighted by Gasteiger charge is 2.05. The van der Waals surface area contributed by atoms with Gasteiger partial charge in [0, 0.05) is 12.2 Å². The standard InChI is InChI=1S/C9H9NO2S2/c1-13-4-3-9(10(11)12)6-8-2-5-14-7-8/h2-7H,1H3/b4-3-,9-6+. The maximum atomic E-state index is 10.6. The van der Waals surface area contributed by atoms with E-state index in [-0.39, 0.29) is 10.6 Å². The second-order valence-electron chi connectivity index (χ2n) is 2.42. The molecule has 0 aliphatic heterocycles. The number of hydrogen-bond acceptors (Lipinski definition) is 4. The molecule has 0 unspecified atom stereocenters. The molecule has 14 heavy (non-hydrogen) atoms. The van der Waals surface area contributed by atoms with Crippen LogP contribution in [-0.2, 0) is 0 Å². The normalized spacial score (nSPS) is 12.2. The minimum Gasteiger partial charge on any atom is -0.258 e. The highest BCUT2D eigenvalue weighted by atomic mass is 32.2. The zero-order valence-corrected chi connectivity index (χ0v) is 9.18. The molecule has 5 heteroatoms. The first-order valence-electron chi connectivity index (χ1n) is 3.81. The zero-order chi connectivity index (χ0) is 10.4. The summed E-state index contributed by atoms with van der Waals surface area (Å²) in [5.74, 6) is 0. The van der Waals surface area contributed by atoms with Gasteiger partial charge < -0.3 is 0 Å². The summed E-state index contributed by atoms with van der Waals surface area (Å²) >= 11 is 2.96. The van der Waals surface area contributed by atoms with Gasteiger partial charge in [-0.05, 0) is 34.1 Å². The molecule has 0 atom stereocenters. The van der Waals surface area contributed by atoms with E-state index in [9.17, 15) is 10.1 Å². The van der Waals surface area contributed by atoms with Crippen molar-refractivity contribution in [2.45, 2.75) is 0 Å². The van der Waals surface area contributed by atoms with E-state index < -0.39 is 0 Å². The van der Waals surface area contributed by atoms with Gasteiger partial charge >= 0.3 is 0 Å². The summed E-state index contributed by atoms with van der Waals surface area (Å²) in [4.78, 5) is 10.2. The van der Waals surface area contributed by atoms with Crippen molar-refractivity contribution in [1.82, 2.24) is 0 Å². The fraction of sp³-hybridized carbons (Fsp3) is 0.111. The second kappa shape index (κ2) is 5.62. The largest absolute Gasteiger partial charge is 0.270 e. The van der Waals surface area contributed by atoms with Gasteiger partial charge in [-0.3, -0.25) is 10.1 Å². The Bertz CT molecular complexity index is 355. The fourth-order valence-corrected chi connectivity index (χ4v) is 1.72. The molecular weight excluding hydrogens is 218 g/mol. The summed E-state index contributed by atoms with van der Waals surface area (Å²) < 4.78 is 0. The summed E-state index contributed by atoms with van der Waals surface area (Å²) in [7, 11) is 0. The summed E-state index contributed by atoms with van der Waals surface area (Å²) in [5.41, 5.74) is 0.977. The SMILES string of the molecule is CS/C=C\C(=C/c1ccsc1)[N+](=O)[O-]. The Morgan fingerprint density at radius 2 is 2.50 bits per heavy atom. The van der Waals surface area contributed by atoms with Crippen LogP contribution in [0.1, 0.15) is 5.56 Å². The highest BCUT2D eigenvalue weighted by molar-refractivity contribution is 8.01. The van der Waals surface area contributed by atoms with Crippen molar-refractivity contribution in [2.24, 2.45) is 0 Å². The van der Waals surface area contributed by atoms with Crippen molar-refractivity contribution >= 4 is 29.2 Å². The van der Waals surface area contributed by atoms with Crippen LogP contribution < -0.4 is 0 Å². The first-order valence-corrected chi connectivity index (χ1v) is 6.04. The molecule has 0 saturated heterocycles. The maximum Gasteiger partial charge on any atom is 0.270 e. The molecule has 0 amide bonds. The third kappa shape index (κ3) is 3.35. The van der Waals surface area contributed by atoms with Crippen LogP contribution in [0.2, 0.25) is 0 Å². The monoisotopic (exact) mass is 227 g/mol. The number of allylic oxidation sites excluding steroid dienone is 1. The molecule has 0 aromatic carbocycles. The Hall–Kier alpha value is -1.07. The molecule has 1 rings (SSSR count). The van der Waals surface area contributed by atoms with E-state index in [4.69, 9.17) is 0 Å². The van der Waals surface area contributed by atoms with Gasteiger partial charge in [0.25, 0.3) is 5.70 Å². The number of nitro groups is 1. The molecule has 0 N–H and O–H groups in total. The molecule has 0 bridgehead atoms. The van der Waals surface area contributed by atoms with Gasteiger partial charge in [0.15, 0.2) is 0 Å². The summed E-state index contributed by atoms with van der Waals surface area (Å²) in [6.07, 6.45) is 4.92. The van der Waals surface area contributed by atoms with Crippen LogP contribution in [0.3, 0.4) is 0 Å². The molecule has 74 valence electrons. The van der Waals surface area contributed by atoms with Gasteiger partial charge in [-0.1, -0.05) is 0 Å². The van der Waals surface area contributed by atoms with E-state index in [1.807, 2.05) is 23.1 Å². The number of hydrogen-bond donors (Lipinski definition) is 0. The van der Waals surface area contributed by atoms with Crippen molar-refractivity contribution in [3.05, 3.63) is 49.7 Å². The van der Waals surface area contributed by atoms with E-state index in [2.05, 4.69) is 0 Å². The topological polar surface area (TPSA) is 43.1 Å². The van der Waals surface area contributed by atoms with Crippen molar-refractivity contribution < 1.29 is 4.92 Å². The molecule has 1 heterocycles. The Morgan fingerprint density at radius 1 is 1.71 bits per heavy atom. The number of rotatable bonds is 4. The van der Waals surface area contributed by atoms with Crippen molar-refractivity contribution in [3.8, 4) is 0 Å². The number of thiophene rings is 1. The first-order chi connectivity index (χ1) is 6.74. The summed E-state index contributed by atoms with van der Waals surface area (Å²) in [6.45, 7) is 0. The van der Waals surface area contributed by atoms with Gasteiger partial charge in [-0.15, -0.1) is 11.8 Å². The van der Waals surface area contributed by atoms with E-state index in [0.29, 0.717) is 0 Å². The Labute approximate surface area is 90.3 Å². The molecule has 1 aromatic heterocycles. The molecule has 0 spiro atoms. The van der Waals surface area contributed by atoms with Gasteiger partial charge in [0.05, 0.1) is 4.92 Å². The molecule has 0 aliphatic carbocycles. The van der Waals surface area contributed by atoms with E-state index >= 15 is 0 Å². The Kier molecular flexibility index (Phi) is 4.42. The molecule has 0 radical (unpaired) electrons. The highest BCUT2D eigenvalue weighted by Crippen LogP contribution is 2.13. The predicted molar refractivity (Wildman–Crippen MR) is 61.9 cm³/mol. The van der Waals surface area contributed by atoms with Crippen LogP contribution in [0.15, 0.2) is 34.0 Å². The minimum atomic E-state index is -0.385. The van der Waals surface area contributed by atoms with Crippen LogP contribution in [-0.4, -0.2) is 11.2 Å². The summed E-state index contributed by atoms with van der Waals surface area (Å²) in [6, 6.07) is 1.85. The van der Waals surface area contributed by atoms with Crippen LogP contribution in [0.25, 0.3) is 6.08 Å². The Balaban J connectivity index is 2.88. The lowest BCUT2D eigenvalue weighted by molar-refractivity contribution is -0.417. The minimum absolute atomic E-state index is 0.109. The first kappa shape index (κ1) is 11.0. The summed E-state index contributed by atoms with van der Waals surface area (Å²) in [5, 5.41) is 16.1. The Morgan fingerprint density at radius 3 is 3.00 bits per heavy atom. The van der Waals surface area contributed by atoms with Crippen molar-refractivity contribution in [3.63, 3.8) is 0 Å². The lowest BCUT2D eigenvalue weighted by Gasteiger charge is -1.89.